The number of aliphatic hydroxyl groups excluding tert-OH is 1. The molecule has 0 aromatic carbocycles. The molecule has 0 aromatic rings. The van der Waals surface area contributed by atoms with E-state index in [9.17, 15) is 5.11 Å². The molecule has 1 rings (SSSR count). The highest BCUT2D eigenvalue weighted by Crippen LogP contribution is 2.26. The molecule has 3 heteroatoms. The van der Waals surface area contributed by atoms with Gasteiger partial charge in [0.2, 0.25) is 0 Å². The molecule has 0 aliphatic carbocycles. The van der Waals surface area contributed by atoms with E-state index in [0.717, 1.165) is 0 Å². The van der Waals surface area contributed by atoms with E-state index in [0.29, 0.717) is 13.0 Å². The normalized spacial score (nSPS) is 41.6. The zero-order valence-corrected chi connectivity index (χ0v) is 6.33. The van der Waals surface area contributed by atoms with Gasteiger partial charge >= 0.3 is 0 Å². The highest BCUT2D eigenvalue weighted by atomic mass is 16.3. The average molecular weight is 140 g/mol. The van der Waals surface area contributed by atoms with Crippen LogP contribution in [0.25, 0.3) is 0 Å². The van der Waals surface area contributed by atoms with Crippen LogP contribution in [0, 0.1) is 11.3 Å². The van der Waals surface area contributed by atoms with Crippen molar-refractivity contribution in [2.75, 3.05) is 13.6 Å². The van der Waals surface area contributed by atoms with Crippen LogP contribution in [0.3, 0.4) is 0 Å². The van der Waals surface area contributed by atoms with Gasteiger partial charge in [0, 0.05) is 13.0 Å². The van der Waals surface area contributed by atoms with Gasteiger partial charge in [-0.25, -0.2) is 0 Å². The number of rotatable bonds is 0. The monoisotopic (exact) mass is 140 g/mol. The summed E-state index contributed by atoms with van der Waals surface area (Å²) in [5, 5.41) is 17.9. The lowest BCUT2D eigenvalue weighted by Gasteiger charge is -2.22. The number of nitriles is 1. The minimum absolute atomic E-state index is 0.324. The summed E-state index contributed by atoms with van der Waals surface area (Å²) >= 11 is 0. The van der Waals surface area contributed by atoms with Gasteiger partial charge in [-0.15, -0.1) is 0 Å². The lowest BCUT2D eigenvalue weighted by Crippen LogP contribution is -2.36. The van der Waals surface area contributed by atoms with E-state index in [2.05, 4.69) is 6.07 Å². The molecule has 10 heavy (non-hydrogen) atoms. The Labute approximate surface area is 60.9 Å². The lowest BCUT2D eigenvalue weighted by atomic mass is 10.0. The first-order valence-corrected chi connectivity index (χ1v) is 3.39. The van der Waals surface area contributed by atoms with E-state index in [1.807, 2.05) is 18.9 Å². The van der Waals surface area contributed by atoms with Gasteiger partial charge in [0.15, 0.2) is 0 Å². The molecule has 3 nitrogen and oxygen atoms in total. The van der Waals surface area contributed by atoms with Gasteiger partial charge < -0.3 is 5.11 Å². The number of β-amino-alcohol motifs (C(OH)–C–C–N with tert-alkyl or cyclic N) is 1. The summed E-state index contributed by atoms with van der Waals surface area (Å²) in [7, 11) is 1.86. The van der Waals surface area contributed by atoms with E-state index in [1.165, 1.54) is 0 Å². The lowest BCUT2D eigenvalue weighted by molar-refractivity contribution is 0.182. The van der Waals surface area contributed by atoms with Crippen LogP contribution in [0.1, 0.15) is 13.3 Å². The fourth-order valence-electron chi connectivity index (χ4n) is 1.33. The van der Waals surface area contributed by atoms with Gasteiger partial charge in [-0.05, 0) is 14.0 Å². The zero-order valence-electron chi connectivity index (χ0n) is 6.33. The molecule has 2 atom stereocenters. The SMILES string of the molecule is CN1CC(O)CC1(C)C#N. The van der Waals surface area contributed by atoms with Crippen molar-refractivity contribution in [3.8, 4) is 6.07 Å². The van der Waals surface area contributed by atoms with Gasteiger partial charge in [-0.2, -0.15) is 5.26 Å². The molecule has 1 aliphatic rings. The van der Waals surface area contributed by atoms with Crippen molar-refractivity contribution in [1.29, 1.82) is 5.26 Å². The predicted molar refractivity (Wildman–Crippen MR) is 37.3 cm³/mol. The minimum Gasteiger partial charge on any atom is -0.392 e. The maximum atomic E-state index is 9.17. The number of likely N-dealkylation sites (tertiary alicyclic amines) is 1. The molecule has 1 aliphatic heterocycles. The van der Waals surface area contributed by atoms with Crippen LogP contribution in [-0.2, 0) is 0 Å². The molecule has 56 valence electrons. The van der Waals surface area contributed by atoms with Crippen LogP contribution in [0.15, 0.2) is 0 Å². The minimum atomic E-state index is -0.445. The molecule has 0 aromatic heterocycles. The quantitative estimate of drug-likeness (QED) is 0.513. The fourth-order valence-corrected chi connectivity index (χ4v) is 1.33. The molecular formula is C7H12N2O. The van der Waals surface area contributed by atoms with E-state index in [-0.39, 0.29) is 6.10 Å². The molecule has 0 amide bonds. The molecular weight excluding hydrogens is 128 g/mol. The molecule has 1 N–H and O–H groups in total. The van der Waals surface area contributed by atoms with Crippen molar-refractivity contribution in [2.24, 2.45) is 0 Å². The number of nitrogens with zero attached hydrogens (tertiary/aromatic N) is 2. The standard InChI is InChI=1S/C7H12N2O/c1-7(5-8)3-6(10)4-9(7)2/h6,10H,3-4H2,1-2H3. The average Bonchev–Trinajstić information content (AvgIpc) is 2.09. The maximum Gasteiger partial charge on any atom is 0.108 e. The number of likely N-dealkylation sites (N-methyl/N-ethyl adjacent to an activating group) is 1. The van der Waals surface area contributed by atoms with Crippen molar-refractivity contribution >= 4 is 0 Å². The smallest absolute Gasteiger partial charge is 0.108 e. The van der Waals surface area contributed by atoms with Crippen molar-refractivity contribution in [1.82, 2.24) is 4.90 Å². The molecule has 0 radical (unpaired) electrons. The summed E-state index contributed by atoms with van der Waals surface area (Å²) in [6, 6.07) is 2.19. The van der Waals surface area contributed by atoms with Crippen molar-refractivity contribution < 1.29 is 5.11 Å². The van der Waals surface area contributed by atoms with Gasteiger partial charge in [0.05, 0.1) is 12.2 Å². The van der Waals surface area contributed by atoms with E-state index in [1.54, 1.807) is 0 Å². The van der Waals surface area contributed by atoms with Crippen LogP contribution in [0.5, 0.6) is 0 Å². The summed E-state index contributed by atoms with van der Waals surface area (Å²) in [5.74, 6) is 0. The van der Waals surface area contributed by atoms with E-state index >= 15 is 0 Å². The Bertz CT molecular complexity index is 175. The number of hydrogen-bond acceptors (Lipinski definition) is 3. The fraction of sp³-hybridized carbons (Fsp3) is 0.857. The Hall–Kier alpha value is -0.590. The summed E-state index contributed by atoms with van der Waals surface area (Å²) in [4.78, 5) is 1.89. The van der Waals surface area contributed by atoms with Gasteiger partial charge in [0.25, 0.3) is 0 Å². The van der Waals surface area contributed by atoms with Crippen LogP contribution in [0.2, 0.25) is 0 Å². The third-order valence-electron chi connectivity index (χ3n) is 2.20. The van der Waals surface area contributed by atoms with Crippen molar-refractivity contribution in [2.45, 2.75) is 25.0 Å². The molecule has 2 unspecified atom stereocenters. The van der Waals surface area contributed by atoms with E-state index in [4.69, 9.17) is 5.26 Å². The maximum absolute atomic E-state index is 9.17. The molecule has 1 saturated heterocycles. The highest BCUT2D eigenvalue weighted by molar-refractivity contribution is 5.09. The highest BCUT2D eigenvalue weighted by Gasteiger charge is 2.38. The first-order chi connectivity index (χ1) is 4.58. The topological polar surface area (TPSA) is 47.3 Å². The molecule has 0 saturated carbocycles. The molecule has 1 fully saturated rings. The van der Waals surface area contributed by atoms with Crippen LogP contribution < -0.4 is 0 Å². The summed E-state index contributed by atoms with van der Waals surface area (Å²) in [6.07, 6.45) is 0.245. The third kappa shape index (κ3) is 1.00. The van der Waals surface area contributed by atoms with Gasteiger partial charge in [-0.3, -0.25) is 4.90 Å². The second kappa shape index (κ2) is 2.22. The van der Waals surface area contributed by atoms with Crippen LogP contribution in [0.4, 0.5) is 0 Å². The zero-order chi connectivity index (χ0) is 7.78. The van der Waals surface area contributed by atoms with Crippen LogP contribution in [-0.4, -0.2) is 35.2 Å². The number of aliphatic hydroxyl groups is 1. The van der Waals surface area contributed by atoms with E-state index < -0.39 is 5.54 Å². The summed E-state index contributed by atoms with van der Waals surface area (Å²) in [6.45, 7) is 2.47. The molecule has 0 bridgehead atoms. The Morgan fingerprint density at radius 1 is 1.80 bits per heavy atom. The Morgan fingerprint density at radius 3 is 2.60 bits per heavy atom. The predicted octanol–water partition coefficient (Wildman–Crippen LogP) is -0.0349. The van der Waals surface area contributed by atoms with Crippen molar-refractivity contribution in [3.63, 3.8) is 0 Å². The first-order valence-electron chi connectivity index (χ1n) is 3.39. The Kier molecular flexibility index (Phi) is 1.67. The summed E-state index contributed by atoms with van der Waals surface area (Å²) < 4.78 is 0. The largest absolute Gasteiger partial charge is 0.392 e. The Balaban J connectivity index is 2.73. The van der Waals surface area contributed by atoms with Gasteiger partial charge in [0.1, 0.15) is 5.54 Å². The van der Waals surface area contributed by atoms with Gasteiger partial charge in [-0.1, -0.05) is 0 Å². The number of hydrogen-bond donors (Lipinski definition) is 1. The molecule has 0 spiro atoms. The van der Waals surface area contributed by atoms with Crippen LogP contribution >= 0.6 is 0 Å². The Morgan fingerprint density at radius 2 is 2.40 bits per heavy atom. The molecule has 1 heterocycles. The van der Waals surface area contributed by atoms with Crippen molar-refractivity contribution in [3.05, 3.63) is 0 Å². The third-order valence-corrected chi connectivity index (χ3v) is 2.20. The summed E-state index contributed by atoms with van der Waals surface area (Å²) in [5.41, 5.74) is -0.445. The second-order valence-corrected chi connectivity index (χ2v) is 3.12. The second-order valence-electron chi connectivity index (χ2n) is 3.12. The first kappa shape index (κ1) is 7.52.